The zero-order chi connectivity index (χ0) is 14.7. The lowest BCUT2D eigenvalue weighted by Gasteiger charge is -2.14. The van der Waals surface area contributed by atoms with Gasteiger partial charge in [-0.05, 0) is 29.5 Å². The van der Waals surface area contributed by atoms with Crippen molar-refractivity contribution in [2.45, 2.75) is 13.0 Å². The molecule has 0 aliphatic carbocycles. The molecule has 0 saturated heterocycles. The molecule has 1 aromatic heterocycles. The number of tetrazole rings is 1. The van der Waals surface area contributed by atoms with E-state index in [0.717, 1.165) is 0 Å². The fourth-order valence-electron chi connectivity index (χ4n) is 2.02. The standard InChI is InChI=1S/C12H17N5O2S/c1-8(7-20(3)18)17-12(14-15-16-17)11-9(13)5-4-6-10(11)19-2/h4-6,8H,7,13H2,1-3H3. The van der Waals surface area contributed by atoms with Crippen molar-refractivity contribution in [3.8, 4) is 17.1 Å². The molecule has 0 amide bonds. The maximum Gasteiger partial charge on any atom is 0.188 e. The Kier molecular flexibility index (Phi) is 4.33. The largest absolute Gasteiger partial charge is 0.496 e. The molecule has 2 rings (SSSR count). The van der Waals surface area contributed by atoms with Gasteiger partial charge in [-0.3, -0.25) is 4.21 Å². The van der Waals surface area contributed by atoms with Crippen LogP contribution >= 0.6 is 0 Å². The van der Waals surface area contributed by atoms with E-state index in [-0.39, 0.29) is 6.04 Å². The molecule has 0 fully saturated rings. The van der Waals surface area contributed by atoms with E-state index in [9.17, 15) is 4.21 Å². The van der Waals surface area contributed by atoms with Gasteiger partial charge in [0.05, 0.1) is 18.7 Å². The van der Waals surface area contributed by atoms with Crippen molar-refractivity contribution in [1.29, 1.82) is 0 Å². The Balaban J connectivity index is 2.50. The predicted molar refractivity (Wildman–Crippen MR) is 77.9 cm³/mol. The summed E-state index contributed by atoms with van der Waals surface area (Å²) in [5, 5.41) is 11.7. The van der Waals surface area contributed by atoms with Crippen LogP contribution in [0.3, 0.4) is 0 Å². The van der Waals surface area contributed by atoms with Crippen LogP contribution in [0.15, 0.2) is 18.2 Å². The van der Waals surface area contributed by atoms with Gasteiger partial charge in [-0.2, -0.15) is 0 Å². The molecule has 2 aromatic rings. The van der Waals surface area contributed by atoms with Crippen molar-refractivity contribution < 1.29 is 8.95 Å². The van der Waals surface area contributed by atoms with Crippen LogP contribution < -0.4 is 10.5 Å². The van der Waals surface area contributed by atoms with Gasteiger partial charge >= 0.3 is 0 Å². The number of nitrogen functional groups attached to an aromatic ring is 1. The quantitative estimate of drug-likeness (QED) is 0.822. The number of aromatic nitrogens is 4. The lowest BCUT2D eigenvalue weighted by molar-refractivity contribution is 0.415. The Morgan fingerprint density at radius 2 is 2.25 bits per heavy atom. The van der Waals surface area contributed by atoms with E-state index in [0.29, 0.717) is 28.6 Å². The first-order valence-electron chi connectivity index (χ1n) is 6.05. The summed E-state index contributed by atoms with van der Waals surface area (Å²) < 4.78 is 18.3. The van der Waals surface area contributed by atoms with Gasteiger partial charge in [0, 0.05) is 28.5 Å². The predicted octanol–water partition coefficient (Wildman–Crippen LogP) is 0.870. The van der Waals surface area contributed by atoms with Gasteiger partial charge in [0.2, 0.25) is 0 Å². The van der Waals surface area contributed by atoms with Gasteiger partial charge in [0.25, 0.3) is 0 Å². The average molecular weight is 295 g/mol. The topological polar surface area (TPSA) is 95.9 Å². The third-order valence-electron chi connectivity index (χ3n) is 2.89. The molecule has 0 aliphatic heterocycles. The fourth-order valence-corrected chi connectivity index (χ4v) is 2.84. The summed E-state index contributed by atoms with van der Waals surface area (Å²) in [6, 6.07) is 5.26. The first-order chi connectivity index (χ1) is 9.54. The van der Waals surface area contributed by atoms with Crippen molar-refractivity contribution in [2.24, 2.45) is 0 Å². The van der Waals surface area contributed by atoms with Crippen molar-refractivity contribution in [2.75, 3.05) is 24.9 Å². The second-order valence-corrected chi connectivity index (χ2v) is 5.94. The number of nitrogens with zero attached hydrogens (tertiary/aromatic N) is 4. The zero-order valence-electron chi connectivity index (χ0n) is 11.6. The number of rotatable bonds is 5. The van der Waals surface area contributed by atoms with Gasteiger partial charge in [0.15, 0.2) is 5.82 Å². The highest BCUT2D eigenvalue weighted by molar-refractivity contribution is 7.84. The van der Waals surface area contributed by atoms with E-state index in [1.807, 2.05) is 6.92 Å². The number of hydrogen-bond acceptors (Lipinski definition) is 6. The minimum atomic E-state index is -0.936. The lowest BCUT2D eigenvalue weighted by atomic mass is 10.1. The number of ether oxygens (including phenoxy) is 1. The van der Waals surface area contributed by atoms with E-state index in [1.54, 1.807) is 36.2 Å². The minimum Gasteiger partial charge on any atom is -0.496 e. The maximum absolute atomic E-state index is 11.4. The second-order valence-electron chi connectivity index (χ2n) is 4.46. The molecule has 108 valence electrons. The molecule has 20 heavy (non-hydrogen) atoms. The molecular formula is C12H17N5O2S. The van der Waals surface area contributed by atoms with Crippen molar-refractivity contribution >= 4 is 16.5 Å². The summed E-state index contributed by atoms with van der Waals surface area (Å²) >= 11 is 0. The molecule has 2 N–H and O–H groups in total. The molecule has 0 radical (unpaired) electrons. The summed E-state index contributed by atoms with van der Waals surface area (Å²) in [4.78, 5) is 0. The Morgan fingerprint density at radius 3 is 2.90 bits per heavy atom. The Bertz CT molecular complexity index is 628. The Hall–Kier alpha value is -1.96. The van der Waals surface area contributed by atoms with Crippen molar-refractivity contribution in [1.82, 2.24) is 20.2 Å². The highest BCUT2D eigenvalue weighted by Gasteiger charge is 2.20. The summed E-state index contributed by atoms with van der Waals surface area (Å²) in [5.41, 5.74) is 7.19. The van der Waals surface area contributed by atoms with Crippen LogP contribution in [0.5, 0.6) is 5.75 Å². The molecule has 0 bridgehead atoms. The lowest BCUT2D eigenvalue weighted by Crippen LogP contribution is -2.16. The first-order valence-corrected chi connectivity index (χ1v) is 7.78. The van der Waals surface area contributed by atoms with Crippen LogP contribution in [0.2, 0.25) is 0 Å². The summed E-state index contributed by atoms with van der Waals surface area (Å²) in [6.45, 7) is 1.91. The Morgan fingerprint density at radius 1 is 1.50 bits per heavy atom. The highest BCUT2D eigenvalue weighted by atomic mass is 32.2. The van der Waals surface area contributed by atoms with Crippen molar-refractivity contribution in [3.63, 3.8) is 0 Å². The number of hydrogen-bond donors (Lipinski definition) is 1. The molecule has 0 aliphatic rings. The number of benzene rings is 1. The van der Waals surface area contributed by atoms with E-state index >= 15 is 0 Å². The van der Waals surface area contributed by atoms with Crippen LogP contribution in [0, 0.1) is 0 Å². The van der Waals surface area contributed by atoms with E-state index in [4.69, 9.17) is 10.5 Å². The SMILES string of the molecule is COc1cccc(N)c1-c1nnnn1C(C)CS(C)=O. The molecule has 2 unspecified atom stereocenters. The monoisotopic (exact) mass is 295 g/mol. The average Bonchev–Trinajstić information content (AvgIpc) is 2.86. The van der Waals surface area contributed by atoms with Crippen LogP contribution in [0.25, 0.3) is 11.4 Å². The van der Waals surface area contributed by atoms with Crippen LogP contribution in [-0.2, 0) is 10.8 Å². The summed E-state index contributed by atoms with van der Waals surface area (Å²) in [5.74, 6) is 1.58. The van der Waals surface area contributed by atoms with Crippen LogP contribution in [0.4, 0.5) is 5.69 Å². The third kappa shape index (κ3) is 2.79. The molecular weight excluding hydrogens is 278 g/mol. The van der Waals surface area contributed by atoms with Crippen LogP contribution in [-0.4, -0.2) is 43.5 Å². The molecule has 1 aromatic carbocycles. The van der Waals surface area contributed by atoms with E-state index in [2.05, 4.69) is 15.5 Å². The van der Waals surface area contributed by atoms with Gasteiger partial charge in [0.1, 0.15) is 5.75 Å². The zero-order valence-corrected chi connectivity index (χ0v) is 12.4. The van der Waals surface area contributed by atoms with Gasteiger partial charge < -0.3 is 10.5 Å². The van der Waals surface area contributed by atoms with E-state index < -0.39 is 10.8 Å². The number of methoxy groups -OCH3 is 1. The summed E-state index contributed by atoms with van der Waals surface area (Å²) in [7, 11) is 0.630. The normalized spacial score (nSPS) is 13.9. The van der Waals surface area contributed by atoms with Gasteiger partial charge in [-0.15, -0.1) is 5.10 Å². The molecule has 7 nitrogen and oxygen atoms in total. The summed E-state index contributed by atoms with van der Waals surface area (Å²) in [6.07, 6.45) is 1.65. The fraction of sp³-hybridized carbons (Fsp3) is 0.417. The van der Waals surface area contributed by atoms with Gasteiger partial charge in [-0.25, -0.2) is 4.68 Å². The third-order valence-corrected chi connectivity index (χ3v) is 3.84. The van der Waals surface area contributed by atoms with Crippen LogP contribution in [0.1, 0.15) is 13.0 Å². The maximum atomic E-state index is 11.4. The van der Waals surface area contributed by atoms with E-state index in [1.165, 1.54) is 0 Å². The molecule has 2 atom stereocenters. The smallest absolute Gasteiger partial charge is 0.188 e. The molecule has 0 saturated carbocycles. The molecule has 8 heteroatoms. The minimum absolute atomic E-state index is 0.102. The number of anilines is 1. The number of nitrogens with two attached hydrogens (primary N) is 1. The van der Waals surface area contributed by atoms with Crippen molar-refractivity contribution in [3.05, 3.63) is 18.2 Å². The Labute approximate surface area is 119 Å². The molecule has 1 heterocycles. The first kappa shape index (κ1) is 14.4. The van der Waals surface area contributed by atoms with Gasteiger partial charge in [-0.1, -0.05) is 6.07 Å². The molecule has 0 spiro atoms. The second kappa shape index (κ2) is 6.00. The highest BCUT2D eigenvalue weighted by Crippen LogP contribution is 2.34.